The summed E-state index contributed by atoms with van der Waals surface area (Å²) >= 11 is 5.50. The molecule has 28 heavy (non-hydrogen) atoms. The van der Waals surface area contributed by atoms with E-state index >= 15 is 0 Å². The van der Waals surface area contributed by atoms with Crippen LogP contribution in [0.5, 0.6) is 0 Å². The van der Waals surface area contributed by atoms with Crippen molar-refractivity contribution >= 4 is 12.6 Å². The maximum Gasteiger partial charge on any atom is 0.225 e. The molecule has 3 aromatic rings. The molecule has 1 aromatic carbocycles. The lowest BCUT2D eigenvalue weighted by Crippen LogP contribution is -2.62. The quantitative estimate of drug-likeness (QED) is 0.534. The van der Waals surface area contributed by atoms with Crippen molar-refractivity contribution in [3.8, 4) is 6.07 Å². The number of rotatable bonds is 3. The minimum atomic E-state index is -1.50. The van der Waals surface area contributed by atoms with Crippen LogP contribution in [0.2, 0.25) is 0 Å². The molecule has 0 bridgehead atoms. The zero-order chi connectivity index (χ0) is 19.6. The Morgan fingerprint density at radius 1 is 1.04 bits per heavy atom. The number of nitrogens with zero attached hydrogens (tertiary/aromatic N) is 3. The van der Waals surface area contributed by atoms with E-state index in [0.717, 1.165) is 5.56 Å². The van der Waals surface area contributed by atoms with Crippen LogP contribution < -0.4 is 9.88 Å². The second kappa shape index (κ2) is 7.39. The van der Waals surface area contributed by atoms with Gasteiger partial charge >= 0.3 is 0 Å². The highest BCUT2D eigenvalue weighted by molar-refractivity contribution is 7.63. The van der Waals surface area contributed by atoms with E-state index in [1.807, 2.05) is 77.6 Å². The van der Waals surface area contributed by atoms with E-state index in [9.17, 15) is 10.4 Å². The van der Waals surface area contributed by atoms with Gasteiger partial charge in [0, 0.05) is 35.7 Å². The first-order valence-corrected chi connectivity index (χ1v) is 9.29. The topological polar surface area (TPSA) is 72.8 Å². The van der Waals surface area contributed by atoms with E-state index in [-0.39, 0.29) is 5.03 Å². The van der Waals surface area contributed by atoms with Crippen LogP contribution in [0, 0.1) is 11.3 Å². The summed E-state index contributed by atoms with van der Waals surface area (Å²) in [7, 11) is 0. The molecule has 0 unspecified atom stereocenters. The molecule has 0 spiro atoms. The number of pyridine rings is 2. The van der Waals surface area contributed by atoms with E-state index < -0.39 is 17.7 Å². The number of hydrogen-bond donors (Lipinski definition) is 2. The standard InChI is InChI=1S/C22H18N4OS/c23-15-18-19(16-9-11-24-12-10-16)20(26-13-5-2-6-14-26)22(27,25-21(18)28)17-7-3-1-4-8-17/h1-14,19-20,25,27H/t19-,20+,22+/m0/s1. The van der Waals surface area contributed by atoms with Gasteiger partial charge in [0.2, 0.25) is 11.8 Å². The molecule has 0 fully saturated rings. The number of nitrogens with one attached hydrogen (secondary N) is 1. The molecule has 0 radical (unpaired) electrons. The van der Waals surface area contributed by atoms with Crippen LogP contribution in [0.3, 0.4) is 0 Å². The summed E-state index contributed by atoms with van der Waals surface area (Å²) in [6.45, 7) is 0. The van der Waals surface area contributed by atoms with Crippen molar-refractivity contribution in [3.63, 3.8) is 0 Å². The van der Waals surface area contributed by atoms with Crippen LogP contribution in [0.15, 0.2) is 96.1 Å². The average molecular weight is 386 g/mol. The van der Waals surface area contributed by atoms with Crippen molar-refractivity contribution in [2.45, 2.75) is 17.7 Å². The number of aromatic nitrogens is 2. The number of nitriles is 1. The molecule has 1 aliphatic rings. The van der Waals surface area contributed by atoms with Crippen LogP contribution in [0.1, 0.15) is 23.1 Å². The Bertz CT molecular complexity index is 1030. The predicted octanol–water partition coefficient (Wildman–Crippen LogP) is 2.42. The largest absolute Gasteiger partial charge is 0.762 e. The van der Waals surface area contributed by atoms with Crippen molar-refractivity contribution in [1.82, 2.24) is 10.3 Å². The minimum Gasteiger partial charge on any atom is -0.762 e. The van der Waals surface area contributed by atoms with Gasteiger partial charge in [-0.25, -0.2) is 0 Å². The average Bonchev–Trinajstić information content (AvgIpc) is 2.75. The van der Waals surface area contributed by atoms with Crippen molar-refractivity contribution in [2.24, 2.45) is 0 Å². The number of allylic oxidation sites excluding steroid dienone is 1. The summed E-state index contributed by atoms with van der Waals surface area (Å²) in [5, 5.41) is 25.1. The first-order valence-electron chi connectivity index (χ1n) is 8.88. The molecule has 3 heterocycles. The summed E-state index contributed by atoms with van der Waals surface area (Å²) in [4.78, 5) is 4.09. The van der Waals surface area contributed by atoms with Crippen LogP contribution >= 0.6 is 0 Å². The first-order chi connectivity index (χ1) is 13.6. The Morgan fingerprint density at radius 2 is 1.68 bits per heavy atom. The van der Waals surface area contributed by atoms with Crippen molar-refractivity contribution in [2.75, 3.05) is 0 Å². The number of hydrogen-bond acceptors (Lipinski definition) is 5. The van der Waals surface area contributed by atoms with Gasteiger partial charge in [0.15, 0.2) is 12.4 Å². The van der Waals surface area contributed by atoms with Gasteiger partial charge in [-0.3, -0.25) is 4.98 Å². The van der Waals surface area contributed by atoms with Crippen LogP contribution in [-0.4, -0.2) is 10.1 Å². The van der Waals surface area contributed by atoms with Gasteiger partial charge in [0.25, 0.3) is 0 Å². The molecule has 138 valence electrons. The lowest BCUT2D eigenvalue weighted by Gasteiger charge is -2.45. The Labute approximate surface area is 169 Å². The highest BCUT2D eigenvalue weighted by Crippen LogP contribution is 2.46. The molecular formula is C22H18N4OS. The summed E-state index contributed by atoms with van der Waals surface area (Å²) in [5.41, 5.74) is 0.461. The molecule has 5 nitrogen and oxygen atoms in total. The Morgan fingerprint density at radius 3 is 2.32 bits per heavy atom. The highest BCUT2D eigenvalue weighted by atomic mass is 32.1. The normalized spacial score (nSPS) is 24.3. The fraction of sp³-hybridized carbons (Fsp3) is 0.136. The van der Waals surface area contributed by atoms with Gasteiger partial charge in [-0.05, 0) is 17.7 Å². The predicted molar refractivity (Wildman–Crippen MR) is 106 cm³/mol. The van der Waals surface area contributed by atoms with Gasteiger partial charge in [0.05, 0.1) is 12.0 Å². The third-order valence-electron chi connectivity index (χ3n) is 5.06. The monoisotopic (exact) mass is 386 g/mol. The molecule has 1 aliphatic heterocycles. The molecule has 0 aliphatic carbocycles. The third-order valence-corrected chi connectivity index (χ3v) is 5.38. The Hall–Kier alpha value is -3.27. The SMILES string of the molecule is N#CC1=C([S-])N[C@@](O)(c2ccccc2)[C@H]([n+]2ccccc2)[C@H]1c1ccncc1. The van der Waals surface area contributed by atoms with E-state index in [1.165, 1.54) is 0 Å². The number of aliphatic hydroxyl groups is 1. The fourth-order valence-electron chi connectivity index (χ4n) is 3.82. The molecule has 2 N–H and O–H groups in total. The van der Waals surface area contributed by atoms with E-state index in [1.54, 1.807) is 12.4 Å². The van der Waals surface area contributed by atoms with Crippen molar-refractivity contribution in [1.29, 1.82) is 5.26 Å². The maximum absolute atomic E-state index is 11.9. The minimum absolute atomic E-state index is 0.253. The van der Waals surface area contributed by atoms with Crippen LogP contribution in [-0.2, 0) is 18.4 Å². The molecule has 0 saturated carbocycles. The van der Waals surface area contributed by atoms with Gasteiger partial charge in [-0.2, -0.15) is 9.83 Å². The fourth-order valence-corrected chi connectivity index (χ4v) is 4.14. The highest BCUT2D eigenvalue weighted by Gasteiger charge is 2.53. The second-order valence-electron chi connectivity index (χ2n) is 6.64. The van der Waals surface area contributed by atoms with Gasteiger partial charge in [-0.15, -0.1) is 0 Å². The van der Waals surface area contributed by atoms with E-state index in [0.29, 0.717) is 11.1 Å². The van der Waals surface area contributed by atoms with Gasteiger partial charge < -0.3 is 23.1 Å². The molecule has 3 atom stereocenters. The zero-order valence-electron chi connectivity index (χ0n) is 14.9. The maximum atomic E-state index is 11.9. The first kappa shape index (κ1) is 18.1. The summed E-state index contributed by atoms with van der Waals surface area (Å²) in [5.74, 6) is -0.445. The molecule has 0 amide bonds. The summed E-state index contributed by atoms with van der Waals surface area (Å²) < 4.78 is 1.92. The van der Waals surface area contributed by atoms with Crippen LogP contribution in [0.4, 0.5) is 0 Å². The van der Waals surface area contributed by atoms with Gasteiger partial charge in [0.1, 0.15) is 0 Å². The van der Waals surface area contributed by atoms with Crippen LogP contribution in [0.25, 0.3) is 0 Å². The van der Waals surface area contributed by atoms with Gasteiger partial charge in [-0.1, -0.05) is 41.4 Å². The smallest absolute Gasteiger partial charge is 0.225 e. The molecule has 6 heteroatoms. The second-order valence-corrected chi connectivity index (χ2v) is 7.05. The molecular weight excluding hydrogens is 368 g/mol. The molecule has 2 aromatic heterocycles. The summed E-state index contributed by atoms with van der Waals surface area (Å²) in [6.07, 6.45) is 7.14. The number of benzene rings is 1. The molecule has 4 rings (SSSR count). The Kier molecular flexibility index (Phi) is 4.78. The van der Waals surface area contributed by atoms with E-state index in [2.05, 4.69) is 16.4 Å². The Balaban J connectivity index is 2.01. The lowest BCUT2D eigenvalue weighted by atomic mass is 9.75. The van der Waals surface area contributed by atoms with Crippen molar-refractivity contribution in [3.05, 3.63) is 107 Å². The van der Waals surface area contributed by atoms with Crippen molar-refractivity contribution < 1.29 is 9.67 Å². The molecule has 0 saturated heterocycles. The van der Waals surface area contributed by atoms with E-state index in [4.69, 9.17) is 12.6 Å². The lowest BCUT2D eigenvalue weighted by molar-refractivity contribution is -0.743. The summed E-state index contributed by atoms with van der Waals surface area (Å²) in [6, 6.07) is 20.5. The zero-order valence-corrected chi connectivity index (χ0v) is 15.8. The third kappa shape index (κ3) is 3.01.